The van der Waals surface area contributed by atoms with Crippen LogP contribution in [0.4, 0.5) is 4.39 Å². The van der Waals surface area contributed by atoms with Gasteiger partial charge in [0, 0.05) is 17.8 Å². The fourth-order valence-electron chi connectivity index (χ4n) is 2.34. The summed E-state index contributed by atoms with van der Waals surface area (Å²) in [6.07, 6.45) is 0. The largest absolute Gasteiger partial charge is 0.356 e. The Hall–Kier alpha value is -2.67. The van der Waals surface area contributed by atoms with Crippen LogP contribution in [-0.2, 0) is 4.79 Å². The molecule has 0 saturated heterocycles. The van der Waals surface area contributed by atoms with E-state index in [1.807, 2.05) is 41.8 Å². The van der Waals surface area contributed by atoms with Crippen LogP contribution in [0.5, 0.6) is 0 Å². The highest BCUT2D eigenvalue weighted by molar-refractivity contribution is 7.99. The number of nitrogens with one attached hydrogen (secondary N) is 1. The van der Waals surface area contributed by atoms with Crippen LogP contribution < -0.4 is 5.32 Å². The molecule has 0 aliphatic heterocycles. The molecule has 0 radical (unpaired) electrons. The minimum absolute atomic E-state index is 0.0672. The molecule has 3 aromatic rings. The average Bonchev–Trinajstić information content (AvgIpc) is 3.05. The average molecular weight is 356 g/mol. The third kappa shape index (κ3) is 4.06. The second-order valence-electron chi connectivity index (χ2n) is 5.23. The van der Waals surface area contributed by atoms with Crippen molar-refractivity contribution in [2.24, 2.45) is 0 Å². The molecule has 3 rings (SSSR count). The molecule has 1 N–H and O–H groups in total. The molecule has 0 bridgehead atoms. The first-order valence-corrected chi connectivity index (χ1v) is 8.84. The summed E-state index contributed by atoms with van der Waals surface area (Å²) >= 11 is 1.29. The van der Waals surface area contributed by atoms with Gasteiger partial charge in [-0.2, -0.15) is 0 Å². The zero-order valence-electron chi connectivity index (χ0n) is 13.6. The minimum atomic E-state index is -0.311. The number of benzene rings is 2. The van der Waals surface area contributed by atoms with Gasteiger partial charge in [-0.1, -0.05) is 42.1 Å². The molecule has 0 saturated carbocycles. The molecule has 128 valence electrons. The monoisotopic (exact) mass is 356 g/mol. The number of carbonyl (C=O) groups excluding carboxylic acids is 1. The predicted octanol–water partition coefficient (Wildman–Crippen LogP) is 3.30. The van der Waals surface area contributed by atoms with Gasteiger partial charge < -0.3 is 5.32 Å². The van der Waals surface area contributed by atoms with Crippen LogP contribution in [0.3, 0.4) is 0 Å². The second-order valence-corrected chi connectivity index (χ2v) is 6.17. The van der Waals surface area contributed by atoms with E-state index in [0.29, 0.717) is 17.5 Å². The van der Waals surface area contributed by atoms with E-state index in [1.54, 1.807) is 12.1 Å². The molecule has 1 amide bonds. The molecule has 25 heavy (non-hydrogen) atoms. The van der Waals surface area contributed by atoms with Gasteiger partial charge in [0.1, 0.15) is 5.82 Å². The van der Waals surface area contributed by atoms with Crippen LogP contribution in [0, 0.1) is 5.82 Å². The van der Waals surface area contributed by atoms with Gasteiger partial charge in [-0.3, -0.25) is 9.36 Å². The van der Waals surface area contributed by atoms with Crippen LogP contribution in [0.25, 0.3) is 17.1 Å². The Labute approximate surface area is 149 Å². The third-order valence-electron chi connectivity index (χ3n) is 3.46. The van der Waals surface area contributed by atoms with Crippen molar-refractivity contribution >= 4 is 17.7 Å². The Balaban J connectivity index is 1.99. The third-order valence-corrected chi connectivity index (χ3v) is 4.39. The zero-order valence-corrected chi connectivity index (χ0v) is 14.5. The van der Waals surface area contributed by atoms with E-state index >= 15 is 0 Å². The summed E-state index contributed by atoms with van der Waals surface area (Å²) in [6, 6.07) is 15.7. The molecule has 0 spiro atoms. The van der Waals surface area contributed by atoms with Crippen molar-refractivity contribution in [3.63, 3.8) is 0 Å². The molecule has 1 heterocycles. The van der Waals surface area contributed by atoms with Crippen LogP contribution in [-0.4, -0.2) is 33.0 Å². The summed E-state index contributed by atoms with van der Waals surface area (Å²) in [5, 5.41) is 11.8. The van der Waals surface area contributed by atoms with Crippen LogP contribution >= 0.6 is 11.8 Å². The van der Waals surface area contributed by atoms with Crippen molar-refractivity contribution in [3.05, 3.63) is 60.4 Å². The van der Waals surface area contributed by atoms with Crippen molar-refractivity contribution in [2.75, 3.05) is 12.3 Å². The van der Waals surface area contributed by atoms with Gasteiger partial charge in [0.2, 0.25) is 5.91 Å². The topological polar surface area (TPSA) is 59.8 Å². The fraction of sp³-hybridized carbons (Fsp3) is 0.167. The molecule has 0 aliphatic rings. The summed E-state index contributed by atoms with van der Waals surface area (Å²) in [5.74, 6) is 0.504. The van der Waals surface area contributed by atoms with Crippen LogP contribution in [0.15, 0.2) is 59.8 Å². The highest BCUT2D eigenvalue weighted by Gasteiger charge is 2.17. The molecule has 0 aliphatic carbocycles. The Kier molecular flexibility index (Phi) is 5.45. The normalized spacial score (nSPS) is 10.6. The Bertz CT molecular complexity index is 849. The SMILES string of the molecule is CCNC(=O)CSc1nnc(-c2ccccc2)n1-c1ccc(F)cc1. The smallest absolute Gasteiger partial charge is 0.230 e. The van der Waals surface area contributed by atoms with E-state index in [9.17, 15) is 9.18 Å². The molecule has 0 fully saturated rings. The van der Waals surface area contributed by atoms with Gasteiger partial charge in [0.05, 0.1) is 5.75 Å². The molecule has 7 heteroatoms. The van der Waals surface area contributed by atoms with Gasteiger partial charge >= 0.3 is 0 Å². The Morgan fingerprint density at radius 2 is 1.84 bits per heavy atom. The molecule has 1 aromatic heterocycles. The van der Waals surface area contributed by atoms with Gasteiger partial charge in [-0.25, -0.2) is 4.39 Å². The number of rotatable bonds is 6. The number of thioether (sulfide) groups is 1. The van der Waals surface area contributed by atoms with E-state index in [4.69, 9.17) is 0 Å². The first-order valence-electron chi connectivity index (χ1n) is 7.85. The number of aromatic nitrogens is 3. The Morgan fingerprint density at radius 3 is 2.52 bits per heavy atom. The van der Waals surface area contributed by atoms with Crippen molar-refractivity contribution in [2.45, 2.75) is 12.1 Å². The quantitative estimate of drug-likeness (QED) is 0.689. The van der Waals surface area contributed by atoms with E-state index in [0.717, 1.165) is 11.3 Å². The van der Waals surface area contributed by atoms with Gasteiger partial charge in [-0.15, -0.1) is 10.2 Å². The van der Waals surface area contributed by atoms with Crippen molar-refractivity contribution in [3.8, 4) is 17.1 Å². The molecular weight excluding hydrogens is 339 g/mol. The van der Waals surface area contributed by atoms with Crippen molar-refractivity contribution in [1.29, 1.82) is 0 Å². The minimum Gasteiger partial charge on any atom is -0.356 e. The lowest BCUT2D eigenvalue weighted by Gasteiger charge is -2.10. The van der Waals surface area contributed by atoms with Crippen LogP contribution in [0.2, 0.25) is 0 Å². The molecule has 2 aromatic carbocycles. The van der Waals surface area contributed by atoms with Gasteiger partial charge in [0.25, 0.3) is 0 Å². The lowest BCUT2D eigenvalue weighted by Crippen LogP contribution is -2.24. The number of halogens is 1. The first-order chi connectivity index (χ1) is 12.2. The van der Waals surface area contributed by atoms with Gasteiger partial charge in [0.15, 0.2) is 11.0 Å². The number of carbonyl (C=O) groups is 1. The summed E-state index contributed by atoms with van der Waals surface area (Å²) < 4.78 is 15.1. The number of amides is 1. The summed E-state index contributed by atoms with van der Waals surface area (Å²) in [7, 11) is 0. The van der Waals surface area contributed by atoms with E-state index in [1.165, 1.54) is 23.9 Å². The fourth-order valence-corrected chi connectivity index (χ4v) is 3.12. The van der Waals surface area contributed by atoms with E-state index in [2.05, 4.69) is 15.5 Å². The molecule has 0 unspecified atom stereocenters. The summed E-state index contributed by atoms with van der Waals surface area (Å²) in [5.41, 5.74) is 1.63. The van der Waals surface area contributed by atoms with E-state index < -0.39 is 0 Å². The van der Waals surface area contributed by atoms with Crippen molar-refractivity contribution in [1.82, 2.24) is 20.1 Å². The van der Waals surface area contributed by atoms with Crippen LogP contribution in [0.1, 0.15) is 6.92 Å². The number of hydrogen-bond donors (Lipinski definition) is 1. The lowest BCUT2D eigenvalue weighted by atomic mass is 10.2. The van der Waals surface area contributed by atoms with Gasteiger partial charge in [-0.05, 0) is 31.2 Å². The molecule has 0 atom stereocenters. The van der Waals surface area contributed by atoms with Crippen molar-refractivity contribution < 1.29 is 9.18 Å². The molecule has 5 nitrogen and oxygen atoms in total. The zero-order chi connectivity index (χ0) is 17.6. The maximum atomic E-state index is 13.3. The highest BCUT2D eigenvalue weighted by atomic mass is 32.2. The molecular formula is C18H17FN4OS. The predicted molar refractivity (Wildman–Crippen MR) is 96.2 cm³/mol. The maximum absolute atomic E-state index is 13.3. The Morgan fingerprint density at radius 1 is 1.12 bits per heavy atom. The highest BCUT2D eigenvalue weighted by Crippen LogP contribution is 2.27. The lowest BCUT2D eigenvalue weighted by molar-refractivity contribution is -0.118. The number of hydrogen-bond acceptors (Lipinski definition) is 4. The second kappa shape index (κ2) is 7.94. The number of nitrogens with zero attached hydrogens (tertiary/aromatic N) is 3. The summed E-state index contributed by atoms with van der Waals surface area (Å²) in [6.45, 7) is 2.45. The summed E-state index contributed by atoms with van der Waals surface area (Å²) in [4.78, 5) is 11.7. The standard InChI is InChI=1S/C18H17FN4OS/c1-2-20-16(24)12-25-18-22-21-17(13-6-4-3-5-7-13)23(18)15-10-8-14(19)9-11-15/h3-11H,2,12H2,1H3,(H,20,24). The van der Waals surface area contributed by atoms with E-state index in [-0.39, 0.29) is 17.5 Å². The maximum Gasteiger partial charge on any atom is 0.230 e. The first kappa shape index (κ1) is 17.2.